The molecule has 0 heterocycles. The third-order valence-corrected chi connectivity index (χ3v) is 5.89. The lowest BCUT2D eigenvalue weighted by Crippen LogP contribution is -2.20. The standard InChI is InChI=1S/C21H19BrN2O5S/c1-28-20-5-3-2-4-19(20)24-30(26,27)18-12-8-16(9-13-18)23-21(25)14-29-17-10-6-15(22)7-11-17/h2-13,24H,14H2,1H3,(H,23,25). The maximum atomic E-state index is 12.6. The number of nitrogens with one attached hydrogen (secondary N) is 2. The summed E-state index contributed by atoms with van der Waals surface area (Å²) in [5.74, 6) is 0.619. The Morgan fingerprint density at radius 1 is 0.967 bits per heavy atom. The zero-order chi connectivity index (χ0) is 21.6. The number of carbonyl (C=O) groups is 1. The zero-order valence-electron chi connectivity index (χ0n) is 16.0. The van der Waals surface area contributed by atoms with Gasteiger partial charge in [-0.3, -0.25) is 9.52 Å². The maximum absolute atomic E-state index is 12.6. The quantitative estimate of drug-likeness (QED) is 0.491. The summed E-state index contributed by atoms with van der Waals surface area (Å²) < 4.78 is 39.2. The Balaban J connectivity index is 1.61. The molecule has 156 valence electrons. The van der Waals surface area contributed by atoms with Crippen molar-refractivity contribution in [3.8, 4) is 11.5 Å². The summed E-state index contributed by atoms with van der Waals surface area (Å²) in [5, 5.41) is 2.66. The van der Waals surface area contributed by atoms with Gasteiger partial charge >= 0.3 is 0 Å². The van der Waals surface area contributed by atoms with E-state index in [4.69, 9.17) is 9.47 Å². The molecule has 9 heteroatoms. The average Bonchev–Trinajstić information content (AvgIpc) is 2.74. The monoisotopic (exact) mass is 490 g/mol. The summed E-state index contributed by atoms with van der Waals surface area (Å²) >= 11 is 3.33. The van der Waals surface area contributed by atoms with Crippen LogP contribution in [0.15, 0.2) is 82.2 Å². The second-order valence-corrected chi connectivity index (χ2v) is 8.72. The molecule has 1 amide bonds. The summed E-state index contributed by atoms with van der Waals surface area (Å²) in [4.78, 5) is 12.1. The van der Waals surface area contributed by atoms with Crippen molar-refractivity contribution in [1.29, 1.82) is 0 Å². The van der Waals surface area contributed by atoms with Gasteiger partial charge in [-0.05, 0) is 60.7 Å². The highest BCUT2D eigenvalue weighted by Crippen LogP contribution is 2.26. The van der Waals surface area contributed by atoms with Crippen molar-refractivity contribution in [2.24, 2.45) is 0 Å². The third kappa shape index (κ3) is 5.74. The van der Waals surface area contributed by atoms with Crippen LogP contribution in [0.3, 0.4) is 0 Å². The van der Waals surface area contributed by atoms with E-state index in [9.17, 15) is 13.2 Å². The fourth-order valence-corrected chi connectivity index (χ4v) is 3.86. The highest BCUT2D eigenvalue weighted by molar-refractivity contribution is 9.10. The first-order valence-electron chi connectivity index (χ1n) is 8.81. The topological polar surface area (TPSA) is 93.7 Å². The number of carbonyl (C=O) groups excluding carboxylic acids is 1. The van der Waals surface area contributed by atoms with Crippen LogP contribution in [-0.2, 0) is 14.8 Å². The minimum atomic E-state index is -3.81. The molecule has 0 aliphatic carbocycles. The van der Waals surface area contributed by atoms with Gasteiger partial charge in [0, 0.05) is 10.2 Å². The van der Waals surface area contributed by atoms with Gasteiger partial charge in [-0.2, -0.15) is 0 Å². The predicted molar refractivity (Wildman–Crippen MR) is 119 cm³/mol. The lowest BCUT2D eigenvalue weighted by Gasteiger charge is -2.12. The second-order valence-electron chi connectivity index (χ2n) is 6.12. The molecule has 2 N–H and O–H groups in total. The molecule has 0 aliphatic rings. The minimum absolute atomic E-state index is 0.0533. The molecule has 0 unspecified atom stereocenters. The van der Waals surface area contributed by atoms with Crippen molar-refractivity contribution in [3.63, 3.8) is 0 Å². The molecule has 0 atom stereocenters. The molecule has 30 heavy (non-hydrogen) atoms. The average molecular weight is 491 g/mol. The molecule has 0 fully saturated rings. The number of sulfonamides is 1. The van der Waals surface area contributed by atoms with E-state index in [0.29, 0.717) is 22.9 Å². The van der Waals surface area contributed by atoms with Crippen molar-refractivity contribution in [1.82, 2.24) is 0 Å². The summed E-state index contributed by atoms with van der Waals surface area (Å²) in [6.07, 6.45) is 0. The van der Waals surface area contributed by atoms with Crippen molar-refractivity contribution in [2.75, 3.05) is 23.8 Å². The van der Waals surface area contributed by atoms with Gasteiger partial charge in [-0.25, -0.2) is 8.42 Å². The van der Waals surface area contributed by atoms with Crippen molar-refractivity contribution < 1.29 is 22.7 Å². The van der Waals surface area contributed by atoms with Gasteiger partial charge in [0.2, 0.25) is 0 Å². The molecule has 7 nitrogen and oxygen atoms in total. The second kappa shape index (κ2) is 9.64. The van der Waals surface area contributed by atoms with Crippen molar-refractivity contribution in [3.05, 3.63) is 77.3 Å². The van der Waals surface area contributed by atoms with E-state index < -0.39 is 10.0 Å². The number of rotatable bonds is 8. The molecule has 3 aromatic carbocycles. The van der Waals surface area contributed by atoms with Crippen LogP contribution in [0.2, 0.25) is 0 Å². The van der Waals surface area contributed by atoms with E-state index in [2.05, 4.69) is 26.0 Å². The smallest absolute Gasteiger partial charge is 0.262 e. The highest BCUT2D eigenvalue weighted by atomic mass is 79.9. The number of ether oxygens (including phenoxy) is 2. The van der Waals surface area contributed by atoms with E-state index in [0.717, 1.165) is 4.47 Å². The van der Waals surface area contributed by atoms with Gasteiger partial charge in [-0.15, -0.1) is 0 Å². The minimum Gasteiger partial charge on any atom is -0.495 e. The number of para-hydroxylation sites is 2. The van der Waals surface area contributed by atoms with Crippen LogP contribution >= 0.6 is 15.9 Å². The summed E-state index contributed by atoms with van der Waals surface area (Å²) in [6.45, 7) is -0.170. The number of benzene rings is 3. The Bertz CT molecular complexity index is 1120. The first-order valence-corrected chi connectivity index (χ1v) is 11.1. The summed E-state index contributed by atoms with van der Waals surface area (Å²) in [5.41, 5.74) is 0.790. The fourth-order valence-electron chi connectivity index (χ4n) is 2.53. The Kier molecular flexibility index (Phi) is 6.96. The first kappa shape index (κ1) is 21.7. The SMILES string of the molecule is COc1ccccc1NS(=O)(=O)c1ccc(NC(=O)COc2ccc(Br)cc2)cc1. The number of hydrogen-bond acceptors (Lipinski definition) is 5. The lowest BCUT2D eigenvalue weighted by atomic mass is 10.3. The van der Waals surface area contributed by atoms with Crippen LogP contribution < -0.4 is 19.5 Å². The molecule has 0 radical (unpaired) electrons. The molecule has 0 aliphatic heterocycles. The Labute approximate surface area is 183 Å². The van der Waals surface area contributed by atoms with E-state index >= 15 is 0 Å². The van der Waals surface area contributed by atoms with Crippen LogP contribution in [0, 0.1) is 0 Å². The molecule has 3 aromatic rings. The molecule has 0 spiro atoms. The van der Waals surface area contributed by atoms with Crippen LogP contribution in [0.1, 0.15) is 0 Å². The Morgan fingerprint density at radius 2 is 1.63 bits per heavy atom. The van der Waals surface area contributed by atoms with Crippen LogP contribution in [0.5, 0.6) is 11.5 Å². The van der Waals surface area contributed by atoms with E-state index in [1.165, 1.54) is 31.4 Å². The van der Waals surface area contributed by atoms with E-state index in [1.54, 1.807) is 36.4 Å². The van der Waals surface area contributed by atoms with Gasteiger partial charge in [0.25, 0.3) is 15.9 Å². The van der Waals surface area contributed by atoms with Crippen molar-refractivity contribution >= 4 is 43.2 Å². The van der Waals surface area contributed by atoms with Gasteiger partial charge in [0.15, 0.2) is 6.61 Å². The van der Waals surface area contributed by atoms with Gasteiger partial charge in [-0.1, -0.05) is 28.1 Å². The highest BCUT2D eigenvalue weighted by Gasteiger charge is 2.16. The van der Waals surface area contributed by atoms with Gasteiger partial charge < -0.3 is 14.8 Å². The molecule has 0 saturated carbocycles. The normalized spacial score (nSPS) is 10.9. The Hall–Kier alpha value is -3.04. The largest absolute Gasteiger partial charge is 0.495 e. The van der Waals surface area contributed by atoms with Crippen LogP contribution in [0.25, 0.3) is 0 Å². The number of methoxy groups -OCH3 is 1. The third-order valence-electron chi connectivity index (χ3n) is 3.98. The molecule has 0 saturated heterocycles. The zero-order valence-corrected chi connectivity index (χ0v) is 18.4. The van der Waals surface area contributed by atoms with Crippen LogP contribution in [-0.4, -0.2) is 28.0 Å². The van der Waals surface area contributed by atoms with Gasteiger partial charge in [0.05, 0.1) is 17.7 Å². The summed E-state index contributed by atoms with van der Waals surface area (Å²) in [6, 6.07) is 19.6. The number of halogens is 1. The number of hydrogen-bond donors (Lipinski definition) is 2. The molecular formula is C21H19BrN2O5S. The molecule has 3 rings (SSSR count). The van der Waals surface area contributed by atoms with E-state index in [1.807, 2.05) is 12.1 Å². The summed E-state index contributed by atoms with van der Waals surface area (Å²) in [7, 11) is -2.35. The molecule has 0 bridgehead atoms. The fraction of sp³-hybridized carbons (Fsp3) is 0.0952. The predicted octanol–water partition coefficient (Wildman–Crippen LogP) is 4.28. The number of amides is 1. The lowest BCUT2D eigenvalue weighted by molar-refractivity contribution is -0.118. The Morgan fingerprint density at radius 3 is 2.30 bits per heavy atom. The molecule has 0 aromatic heterocycles. The van der Waals surface area contributed by atoms with Crippen LogP contribution in [0.4, 0.5) is 11.4 Å². The van der Waals surface area contributed by atoms with Crippen molar-refractivity contribution in [2.45, 2.75) is 4.90 Å². The van der Waals surface area contributed by atoms with Gasteiger partial charge in [0.1, 0.15) is 11.5 Å². The van der Waals surface area contributed by atoms with E-state index in [-0.39, 0.29) is 17.4 Å². The molecular weight excluding hydrogens is 472 g/mol. The number of anilines is 2. The first-order chi connectivity index (χ1) is 14.4. The maximum Gasteiger partial charge on any atom is 0.262 e.